The second-order valence-electron chi connectivity index (χ2n) is 8.08. The van der Waals surface area contributed by atoms with Crippen molar-refractivity contribution in [3.05, 3.63) is 77.4 Å². The third-order valence-corrected chi connectivity index (χ3v) is 6.04. The van der Waals surface area contributed by atoms with E-state index in [1.54, 1.807) is 18.4 Å². The van der Waals surface area contributed by atoms with Gasteiger partial charge in [-0.2, -0.15) is 0 Å². The van der Waals surface area contributed by atoms with E-state index >= 15 is 0 Å². The number of hydrogen-bond acceptors (Lipinski definition) is 4. The fourth-order valence-corrected chi connectivity index (χ4v) is 4.48. The number of carbonyl (C=O) groups is 1. The van der Waals surface area contributed by atoms with Crippen molar-refractivity contribution < 1.29 is 13.6 Å². The number of fused-ring (bicyclic) bond motifs is 1. The lowest BCUT2D eigenvalue weighted by Gasteiger charge is -2.37. The number of benzene rings is 2. The highest BCUT2D eigenvalue weighted by molar-refractivity contribution is 5.83. The molecule has 3 aromatic rings. The Morgan fingerprint density at radius 1 is 1.10 bits per heavy atom. The van der Waals surface area contributed by atoms with Gasteiger partial charge >= 0.3 is 0 Å². The topological polar surface area (TPSA) is 49.6 Å². The second-order valence-corrected chi connectivity index (χ2v) is 8.08. The van der Waals surface area contributed by atoms with Crippen molar-refractivity contribution in [2.75, 3.05) is 13.1 Å². The van der Waals surface area contributed by atoms with Crippen molar-refractivity contribution in [1.82, 2.24) is 14.8 Å². The highest BCUT2D eigenvalue weighted by Crippen LogP contribution is 2.28. The Bertz CT molecular complexity index is 1060. The number of nitrogens with zero attached hydrogens (tertiary/aromatic N) is 3. The molecule has 2 aliphatic heterocycles. The van der Waals surface area contributed by atoms with Gasteiger partial charge in [-0.05, 0) is 48.6 Å². The zero-order chi connectivity index (χ0) is 20.5. The Labute approximate surface area is 175 Å². The fraction of sp³-hybridized carbons (Fsp3) is 0.333. The summed E-state index contributed by atoms with van der Waals surface area (Å²) in [4.78, 5) is 22.0. The molecule has 2 aromatic carbocycles. The van der Waals surface area contributed by atoms with Gasteiger partial charge in [0.2, 0.25) is 11.8 Å². The molecule has 0 bridgehead atoms. The van der Waals surface area contributed by atoms with E-state index in [9.17, 15) is 9.18 Å². The molecule has 0 spiro atoms. The van der Waals surface area contributed by atoms with Crippen molar-refractivity contribution in [2.24, 2.45) is 0 Å². The molecule has 0 saturated carbocycles. The molecule has 0 unspecified atom stereocenters. The van der Waals surface area contributed by atoms with E-state index < -0.39 is 0 Å². The highest BCUT2D eigenvalue weighted by atomic mass is 19.1. The van der Waals surface area contributed by atoms with Crippen LogP contribution in [0.1, 0.15) is 29.7 Å². The van der Waals surface area contributed by atoms with Gasteiger partial charge in [0.1, 0.15) is 12.1 Å². The first-order valence-electron chi connectivity index (χ1n) is 10.5. The van der Waals surface area contributed by atoms with Crippen LogP contribution in [0.15, 0.2) is 59.2 Å². The minimum atomic E-state index is -0.323. The van der Waals surface area contributed by atoms with Gasteiger partial charge in [0, 0.05) is 31.7 Å². The van der Waals surface area contributed by atoms with Crippen LogP contribution in [0.4, 0.5) is 4.39 Å². The van der Waals surface area contributed by atoms with Crippen LogP contribution in [0.5, 0.6) is 0 Å². The molecule has 2 aliphatic rings. The minimum absolute atomic E-state index is 0.202. The summed E-state index contributed by atoms with van der Waals surface area (Å²) in [6.07, 6.45) is 4.48. The molecule has 6 heteroatoms. The summed E-state index contributed by atoms with van der Waals surface area (Å²) in [6, 6.07) is 14.3. The Morgan fingerprint density at radius 2 is 1.90 bits per heavy atom. The van der Waals surface area contributed by atoms with E-state index in [1.807, 2.05) is 17.0 Å². The maximum atomic E-state index is 13.5. The molecule has 1 atom stereocenters. The molecule has 154 valence electrons. The maximum absolute atomic E-state index is 13.5. The Kier molecular flexibility index (Phi) is 5.09. The largest absolute Gasteiger partial charge is 0.444 e. The average Bonchev–Trinajstić information content (AvgIpc) is 3.45. The third kappa shape index (κ3) is 3.75. The van der Waals surface area contributed by atoms with Gasteiger partial charge in [-0.25, -0.2) is 9.37 Å². The van der Waals surface area contributed by atoms with Crippen LogP contribution < -0.4 is 0 Å². The van der Waals surface area contributed by atoms with Crippen molar-refractivity contribution in [2.45, 2.75) is 38.4 Å². The molecule has 5 rings (SSSR count). The van der Waals surface area contributed by atoms with E-state index in [2.05, 4.69) is 22.0 Å². The summed E-state index contributed by atoms with van der Waals surface area (Å²) in [5.41, 5.74) is 3.84. The zero-order valence-electron chi connectivity index (χ0n) is 16.8. The fourth-order valence-electron chi connectivity index (χ4n) is 4.48. The molecule has 30 heavy (non-hydrogen) atoms. The van der Waals surface area contributed by atoms with Gasteiger partial charge in [-0.15, -0.1) is 0 Å². The van der Waals surface area contributed by atoms with E-state index in [-0.39, 0.29) is 17.8 Å². The predicted octanol–water partition coefficient (Wildman–Crippen LogP) is 4.03. The molecule has 5 nitrogen and oxygen atoms in total. The summed E-state index contributed by atoms with van der Waals surface area (Å²) >= 11 is 0. The minimum Gasteiger partial charge on any atom is -0.444 e. The van der Waals surface area contributed by atoms with Gasteiger partial charge in [0.15, 0.2) is 0 Å². The molecule has 0 N–H and O–H groups in total. The molecule has 1 fully saturated rings. The van der Waals surface area contributed by atoms with Gasteiger partial charge in [0.05, 0.1) is 11.7 Å². The van der Waals surface area contributed by atoms with Gasteiger partial charge in [-0.1, -0.05) is 30.3 Å². The number of aromatic nitrogens is 1. The average molecular weight is 405 g/mol. The second kappa shape index (κ2) is 8.03. The molecule has 3 heterocycles. The van der Waals surface area contributed by atoms with E-state index in [1.165, 1.54) is 23.3 Å². The molecule has 0 aliphatic carbocycles. The first-order chi connectivity index (χ1) is 14.7. The summed E-state index contributed by atoms with van der Waals surface area (Å²) in [5, 5.41) is 0. The van der Waals surface area contributed by atoms with Crippen molar-refractivity contribution in [3.8, 4) is 11.5 Å². The summed E-state index contributed by atoms with van der Waals surface area (Å²) < 4.78 is 19.2. The standard InChI is InChI=1S/C24H24FN3O2/c25-20-9-5-8-18(12-20)23-26-21(16-30-23)15-28-14-19-7-2-1-6-17(19)13-22(28)24(29)27-10-3-4-11-27/h1-2,5-9,12,16,22H,3-4,10-11,13-15H2/t22-/m1/s1. The number of oxazole rings is 1. The normalized spacial score (nSPS) is 19.1. The zero-order valence-corrected chi connectivity index (χ0v) is 16.8. The first-order valence-corrected chi connectivity index (χ1v) is 10.5. The molecular formula is C24H24FN3O2. The lowest BCUT2D eigenvalue weighted by molar-refractivity contribution is -0.136. The number of amides is 1. The lowest BCUT2D eigenvalue weighted by atomic mass is 9.93. The van der Waals surface area contributed by atoms with Crippen molar-refractivity contribution in [1.29, 1.82) is 0 Å². The monoisotopic (exact) mass is 405 g/mol. The lowest BCUT2D eigenvalue weighted by Crippen LogP contribution is -2.50. The SMILES string of the molecule is O=C([C@H]1Cc2ccccc2CN1Cc1coc(-c2cccc(F)c2)n1)N1CCCC1. The van der Waals surface area contributed by atoms with Crippen LogP contribution in [0.2, 0.25) is 0 Å². The molecule has 0 radical (unpaired) electrons. The molecule has 1 aromatic heterocycles. The predicted molar refractivity (Wildman–Crippen MR) is 111 cm³/mol. The Morgan fingerprint density at radius 3 is 2.70 bits per heavy atom. The smallest absolute Gasteiger partial charge is 0.240 e. The number of rotatable bonds is 4. The molecule has 1 saturated heterocycles. The van der Waals surface area contributed by atoms with E-state index in [0.717, 1.165) is 31.6 Å². The summed E-state index contributed by atoms with van der Waals surface area (Å²) in [6.45, 7) is 2.90. The Balaban J connectivity index is 1.40. The number of hydrogen-bond donors (Lipinski definition) is 0. The molecule has 1 amide bonds. The number of likely N-dealkylation sites (tertiary alicyclic amines) is 1. The molecular weight excluding hydrogens is 381 g/mol. The van der Waals surface area contributed by atoms with Gasteiger partial charge in [-0.3, -0.25) is 9.69 Å². The van der Waals surface area contributed by atoms with Crippen LogP contribution in [0.25, 0.3) is 11.5 Å². The van der Waals surface area contributed by atoms with Crippen LogP contribution in [0, 0.1) is 5.82 Å². The summed E-state index contributed by atoms with van der Waals surface area (Å²) in [7, 11) is 0. The summed E-state index contributed by atoms with van der Waals surface area (Å²) in [5.74, 6) is 0.274. The van der Waals surface area contributed by atoms with Crippen LogP contribution in [-0.2, 0) is 24.3 Å². The van der Waals surface area contributed by atoms with Gasteiger partial charge < -0.3 is 9.32 Å². The van der Waals surface area contributed by atoms with Crippen molar-refractivity contribution in [3.63, 3.8) is 0 Å². The van der Waals surface area contributed by atoms with Crippen LogP contribution >= 0.6 is 0 Å². The van der Waals surface area contributed by atoms with Crippen LogP contribution in [0.3, 0.4) is 0 Å². The Hall–Kier alpha value is -2.99. The van der Waals surface area contributed by atoms with E-state index in [0.29, 0.717) is 31.0 Å². The third-order valence-electron chi connectivity index (χ3n) is 6.04. The van der Waals surface area contributed by atoms with E-state index in [4.69, 9.17) is 4.42 Å². The highest BCUT2D eigenvalue weighted by Gasteiger charge is 2.35. The maximum Gasteiger partial charge on any atom is 0.240 e. The van der Waals surface area contributed by atoms with Gasteiger partial charge in [0.25, 0.3) is 0 Å². The number of halogens is 1. The number of carbonyl (C=O) groups excluding carboxylic acids is 1. The quantitative estimate of drug-likeness (QED) is 0.658. The van der Waals surface area contributed by atoms with Crippen molar-refractivity contribution >= 4 is 5.91 Å². The van der Waals surface area contributed by atoms with Crippen LogP contribution in [-0.4, -0.2) is 39.8 Å². The first kappa shape index (κ1) is 19.0.